The van der Waals surface area contributed by atoms with Crippen LogP contribution >= 0.6 is 0 Å². The Morgan fingerprint density at radius 1 is 1.41 bits per heavy atom. The maximum atomic E-state index is 11.8. The Labute approximate surface area is 133 Å². The molecule has 1 N–H and O–H groups in total. The number of rotatable bonds is 5. The van der Waals surface area contributed by atoms with E-state index in [2.05, 4.69) is 31.7 Å². The van der Waals surface area contributed by atoms with Crippen molar-refractivity contribution in [3.63, 3.8) is 0 Å². The maximum Gasteiger partial charge on any atom is 0.408 e. The van der Waals surface area contributed by atoms with Gasteiger partial charge in [0.05, 0.1) is 5.54 Å². The van der Waals surface area contributed by atoms with Gasteiger partial charge < -0.3 is 5.11 Å². The first-order valence-electron chi connectivity index (χ1n) is 7.92. The number of hydrogen-bond acceptors (Lipinski definition) is 1. The summed E-state index contributed by atoms with van der Waals surface area (Å²) in [7, 11) is 0. The Morgan fingerprint density at radius 2 is 2.05 bits per heavy atom. The lowest BCUT2D eigenvalue weighted by molar-refractivity contribution is 0.0605. The molecule has 0 unspecified atom stereocenters. The zero-order valence-corrected chi connectivity index (χ0v) is 14.1. The van der Waals surface area contributed by atoms with Gasteiger partial charge in [-0.05, 0) is 70.1 Å². The third-order valence-corrected chi connectivity index (χ3v) is 4.48. The molecule has 3 nitrogen and oxygen atoms in total. The van der Waals surface area contributed by atoms with Crippen LogP contribution in [0.2, 0.25) is 0 Å². The fourth-order valence-electron chi connectivity index (χ4n) is 3.39. The van der Waals surface area contributed by atoms with Gasteiger partial charge in [-0.2, -0.15) is 0 Å². The van der Waals surface area contributed by atoms with E-state index in [0.29, 0.717) is 0 Å². The number of benzene rings is 1. The van der Waals surface area contributed by atoms with Crippen molar-refractivity contribution < 1.29 is 9.90 Å². The van der Waals surface area contributed by atoms with E-state index in [-0.39, 0.29) is 11.1 Å². The van der Waals surface area contributed by atoms with Gasteiger partial charge in [-0.15, -0.1) is 6.58 Å². The van der Waals surface area contributed by atoms with E-state index in [1.165, 1.54) is 16.7 Å². The van der Waals surface area contributed by atoms with Crippen molar-refractivity contribution in [1.29, 1.82) is 0 Å². The molecule has 1 fully saturated rings. The summed E-state index contributed by atoms with van der Waals surface area (Å²) in [5.41, 5.74) is 3.12. The predicted octanol–water partition coefficient (Wildman–Crippen LogP) is 4.58. The third-order valence-electron chi connectivity index (χ3n) is 4.48. The summed E-state index contributed by atoms with van der Waals surface area (Å²) in [5, 5.41) is 9.68. The van der Waals surface area contributed by atoms with E-state index in [1.807, 2.05) is 26.8 Å². The van der Waals surface area contributed by atoms with E-state index >= 15 is 0 Å². The van der Waals surface area contributed by atoms with Crippen LogP contribution in [0.25, 0.3) is 0 Å². The highest BCUT2D eigenvalue weighted by molar-refractivity contribution is 5.68. The van der Waals surface area contributed by atoms with Crippen LogP contribution in [0.4, 0.5) is 4.79 Å². The Hall–Kier alpha value is -1.77. The lowest BCUT2D eigenvalue weighted by atomic mass is 9.93. The summed E-state index contributed by atoms with van der Waals surface area (Å²) in [6.07, 6.45) is 4.63. The molecule has 0 saturated heterocycles. The average Bonchev–Trinajstić information content (AvgIpc) is 3.11. The van der Waals surface area contributed by atoms with Gasteiger partial charge in [0.25, 0.3) is 0 Å². The minimum absolute atomic E-state index is 0.234. The highest BCUT2D eigenvalue weighted by Gasteiger charge is 2.54. The molecular formula is C19H27NO2. The maximum absolute atomic E-state index is 11.8. The van der Waals surface area contributed by atoms with Crippen molar-refractivity contribution in [2.75, 3.05) is 0 Å². The smallest absolute Gasteiger partial charge is 0.408 e. The van der Waals surface area contributed by atoms with Gasteiger partial charge in [0.2, 0.25) is 0 Å². The van der Waals surface area contributed by atoms with Crippen LogP contribution in [0.3, 0.4) is 0 Å². The van der Waals surface area contributed by atoms with Crippen LogP contribution < -0.4 is 0 Å². The zero-order chi connectivity index (χ0) is 16.5. The Balaban J connectivity index is 2.31. The second kappa shape index (κ2) is 5.79. The molecule has 120 valence electrons. The molecule has 1 aliphatic rings. The van der Waals surface area contributed by atoms with Crippen molar-refractivity contribution in [1.82, 2.24) is 4.90 Å². The first kappa shape index (κ1) is 16.6. The first-order valence-corrected chi connectivity index (χ1v) is 7.92. The molecule has 3 heteroatoms. The fraction of sp³-hybridized carbons (Fsp3) is 0.526. The highest BCUT2D eigenvalue weighted by Crippen LogP contribution is 2.48. The Bertz CT molecular complexity index is 580. The number of aryl methyl sites for hydroxylation is 1. The molecule has 0 heterocycles. The summed E-state index contributed by atoms with van der Waals surface area (Å²) < 4.78 is 0. The minimum atomic E-state index is -0.815. The summed E-state index contributed by atoms with van der Waals surface area (Å²) in [5.74, 6) is 0. The Kier molecular flexibility index (Phi) is 4.37. The third kappa shape index (κ3) is 3.34. The zero-order valence-electron chi connectivity index (χ0n) is 14.1. The number of nitrogens with zero attached hydrogens (tertiary/aromatic N) is 1. The molecule has 0 spiro atoms. The second-order valence-electron chi connectivity index (χ2n) is 7.44. The van der Waals surface area contributed by atoms with Crippen LogP contribution in [0, 0.1) is 6.92 Å². The van der Waals surface area contributed by atoms with Crippen LogP contribution in [0.1, 0.15) is 50.3 Å². The van der Waals surface area contributed by atoms with Gasteiger partial charge in [0.15, 0.2) is 0 Å². The fourth-order valence-corrected chi connectivity index (χ4v) is 3.39. The summed E-state index contributed by atoms with van der Waals surface area (Å²) in [4.78, 5) is 13.5. The van der Waals surface area contributed by atoms with E-state index in [0.717, 1.165) is 25.7 Å². The van der Waals surface area contributed by atoms with E-state index in [1.54, 1.807) is 4.90 Å². The van der Waals surface area contributed by atoms with Crippen molar-refractivity contribution in [3.8, 4) is 0 Å². The first-order chi connectivity index (χ1) is 10.2. The molecule has 1 amide bonds. The number of carboxylic acid groups (broad SMARTS) is 1. The quantitative estimate of drug-likeness (QED) is 0.809. The van der Waals surface area contributed by atoms with E-state index in [9.17, 15) is 9.90 Å². The molecule has 0 aliphatic heterocycles. The number of hydrogen-bond donors (Lipinski definition) is 1. The summed E-state index contributed by atoms with van der Waals surface area (Å²) >= 11 is 0. The molecule has 1 aromatic carbocycles. The Morgan fingerprint density at radius 3 is 2.50 bits per heavy atom. The lowest BCUT2D eigenvalue weighted by Gasteiger charge is -2.40. The molecule has 0 aromatic heterocycles. The van der Waals surface area contributed by atoms with Gasteiger partial charge >= 0.3 is 6.09 Å². The number of carbonyl (C=O) groups is 1. The molecule has 1 saturated carbocycles. The molecule has 0 bridgehead atoms. The molecule has 0 radical (unpaired) electrons. The normalized spacial score (nSPS) is 16.2. The van der Waals surface area contributed by atoms with Crippen molar-refractivity contribution in [3.05, 3.63) is 47.5 Å². The summed E-state index contributed by atoms with van der Waals surface area (Å²) in [6.45, 7) is 11.8. The van der Waals surface area contributed by atoms with Crippen LogP contribution in [0.5, 0.6) is 0 Å². The van der Waals surface area contributed by atoms with Crippen molar-refractivity contribution in [2.45, 2.75) is 64.5 Å². The molecule has 2 rings (SSSR count). The average molecular weight is 301 g/mol. The predicted molar refractivity (Wildman–Crippen MR) is 90.4 cm³/mol. The van der Waals surface area contributed by atoms with E-state index < -0.39 is 6.09 Å². The van der Waals surface area contributed by atoms with Crippen LogP contribution in [0.15, 0.2) is 30.9 Å². The lowest BCUT2D eigenvalue weighted by Crippen LogP contribution is -2.53. The topological polar surface area (TPSA) is 40.5 Å². The monoisotopic (exact) mass is 301 g/mol. The van der Waals surface area contributed by atoms with Crippen molar-refractivity contribution >= 4 is 6.09 Å². The molecule has 0 atom stereocenters. The van der Waals surface area contributed by atoms with Gasteiger partial charge in [-0.1, -0.05) is 24.3 Å². The minimum Gasteiger partial charge on any atom is -0.465 e. The van der Waals surface area contributed by atoms with Gasteiger partial charge in [0, 0.05) is 5.54 Å². The SMILES string of the molecule is C=CCc1ccc(C)c(CC2(N(C(=O)O)C(C)(C)C)CC2)c1. The molecule has 1 aliphatic carbocycles. The summed E-state index contributed by atoms with van der Waals surface area (Å²) in [6, 6.07) is 6.46. The van der Waals surface area contributed by atoms with Crippen LogP contribution in [-0.2, 0) is 12.8 Å². The molecule has 1 aromatic rings. The van der Waals surface area contributed by atoms with Gasteiger partial charge in [-0.25, -0.2) is 4.79 Å². The van der Waals surface area contributed by atoms with E-state index in [4.69, 9.17) is 0 Å². The van der Waals surface area contributed by atoms with Gasteiger partial charge in [0.1, 0.15) is 0 Å². The molecule has 22 heavy (non-hydrogen) atoms. The van der Waals surface area contributed by atoms with Crippen molar-refractivity contribution in [2.24, 2.45) is 0 Å². The second-order valence-corrected chi connectivity index (χ2v) is 7.44. The number of amides is 1. The molecular weight excluding hydrogens is 274 g/mol. The van der Waals surface area contributed by atoms with Crippen LogP contribution in [-0.4, -0.2) is 27.2 Å². The standard InChI is InChI=1S/C19H27NO2/c1-6-7-15-9-8-14(2)16(12-15)13-19(10-11-19)20(17(21)22)18(3,4)5/h6,8-9,12H,1,7,10-11,13H2,2-5H3,(H,21,22). The highest BCUT2D eigenvalue weighted by atomic mass is 16.4. The largest absolute Gasteiger partial charge is 0.465 e. The number of allylic oxidation sites excluding steroid dienone is 1. The van der Waals surface area contributed by atoms with Gasteiger partial charge in [-0.3, -0.25) is 4.90 Å².